The summed E-state index contributed by atoms with van der Waals surface area (Å²) in [6, 6.07) is 10.7. The molecule has 0 aromatic heterocycles. The number of carbonyl (C=O) groups is 1. The maximum atomic E-state index is 13.1. The number of piperidine rings is 1. The Morgan fingerprint density at radius 1 is 1.03 bits per heavy atom. The van der Waals surface area contributed by atoms with Crippen LogP contribution in [0.2, 0.25) is 0 Å². The molecule has 3 rings (SSSR count). The molecule has 34 heavy (non-hydrogen) atoms. The van der Waals surface area contributed by atoms with Gasteiger partial charge >= 0.3 is 0 Å². The minimum atomic E-state index is -3.55. The molecular weight excluding hydrogens is 452 g/mol. The van der Waals surface area contributed by atoms with E-state index in [0.717, 1.165) is 42.6 Å². The second-order valence-corrected chi connectivity index (χ2v) is 10.6. The van der Waals surface area contributed by atoms with Crippen LogP contribution in [0.1, 0.15) is 61.8 Å². The third kappa shape index (κ3) is 6.10. The van der Waals surface area contributed by atoms with Gasteiger partial charge in [-0.1, -0.05) is 25.5 Å². The fourth-order valence-electron chi connectivity index (χ4n) is 4.42. The summed E-state index contributed by atoms with van der Waals surface area (Å²) >= 11 is 0. The van der Waals surface area contributed by atoms with Crippen LogP contribution in [0.3, 0.4) is 0 Å². The molecule has 1 saturated heterocycles. The predicted octanol–water partition coefficient (Wildman–Crippen LogP) is 4.39. The lowest BCUT2D eigenvalue weighted by Crippen LogP contribution is -2.35. The molecule has 1 N–H and O–H groups in total. The second-order valence-electron chi connectivity index (χ2n) is 8.70. The Hall–Kier alpha value is -2.58. The molecule has 0 radical (unpaired) electrons. The lowest BCUT2D eigenvalue weighted by molar-refractivity contribution is -0.121. The Kier molecular flexibility index (Phi) is 8.97. The van der Waals surface area contributed by atoms with Crippen LogP contribution in [0.15, 0.2) is 41.3 Å². The molecule has 1 heterocycles. The van der Waals surface area contributed by atoms with E-state index >= 15 is 0 Å². The second kappa shape index (κ2) is 11.7. The number of sulfonamides is 1. The molecule has 1 aliphatic rings. The van der Waals surface area contributed by atoms with Gasteiger partial charge in [0, 0.05) is 19.5 Å². The van der Waals surface area contributed by atoms with Crippen molar-refractivity contribution < 1.29 is 22.7 Å². The minimum absolute atomic E-state index is 0.0911. The molecule has 1 atom stereocenters. The first-order valence-electron chi connectivity index (χ1n) is 11.9. The van der Waals surface area contributed by atoms with E-state index in [4.69, 9.17) is 9.47 Å². The van der Waals surface area contributed by atoms with Crippen LogP contribution in [0.4, 0.5) is 0 Å². The highest BCUT2D eigenvalue weighted by molar-refractivity contribution is 7.89. The highest BCUT2D eigenvalue weighted by Gasteiger charge is 2.26. The Morgan fingerprint density at radius 3 is 2.32 bits per heavy atom. The molecule has 7 nitrogen and oxygen atoms in total. The molecule has 0 spiro atoms. The van der Waals surface area contributed by atoms with Crippen LogP contribution in [0.25, 0.3) is 0 Å². The van der Waals surface area contributed by atoms with Gasteiger partial charge in [-0.2, -0.15) is 4.31 Å². The zero-order valence-electron chi connectivity index (χ0n) is 20.6. The number of amides is 1. The van der Waals surface area contributed by atoms with Crippen LogP contribution in [0, 0.1) is 6.92 Å². The first kappa shape index (κ1) is 26.0. The fraction of sp³-hybridized carbons (Fsp3) is 0.500. The van der Waals surface area contributed by atoms with E-state index in [9.17, 15) is 13.2 Å². The van der Waals surface area contributed by atoms with E-state index in [-0.39, 0.29) is 23.3 Å². The molecule has 1 fully saturated rings. The number of carbonyl (C=O) groups excluding carboxylic acids is 1. The van der Waals surface area contributed by atoms with Crippen LogP contribution in [-0.2, 0) is 21.2 Å². The van der Waals surface area contributed by atoms with Crippen molar-refractivity contribution in [3.63, 3.8) is 0 Å². The molecule has 0 aliphatic carbocycles. The van der Waals surface area contributed by atoms with Crippen molar-refractivity contribution >= 4 is 15.9 Å². The predicted molar refractivity (Wildman–Crippen MR) is 133 cm³/mol. The van der Waals surface area contributed by atoms with Gasteiger partial charge in [0.25, 0.3) is 0 Å². The number of hydrogen-bond acceptors (Lipinski definition) is 5. The van der Waals surface area contributed by atoms with E-state index in [1.807, 2.05) is 32.0 Å². The monoisotopic (exact) mass is 488 g/mol. The number of methoxy groups -OCH3 is 2. The first-order chi connectivity index (χ1) is 16.3. The first-order valence-corrected chi connectivity index (χ1v) is 13.3. The van der Waals surface area contributed by atoms with Gasteiger partial charge in [-0.3, -0.25) is 4.79 Å². The van der Waals surface area contributed by atoms with Gasteiger partial charge in [0.1, 0.15) is 11.5 Å². The quantitative estimate of drug-likeness (QED) is 0.536. The largest absolute Gasteiger partial charge is 0.496 e. The van der Waals surface area contributed by atoms with Gasteiger partial charge < -0.3 is 14.8 Å². The van der Waals surface area contributed by atoms with Crippen LogP contribution < -0.4 is 14.8 Å². The van der Waals surface area contributed by atoms with Gasteiger partial charge in [0.15, 0.2) is 0 Å². The van der Waals surface area contributed by atoms with Crippen molar-refractivity contribution in [2.45, 2.75) is 63.3 Å². The Bertz CT molecular complexity index is 1090. The number of ether oxygens (including phenoxy) is 2. The Balaban J connectivity index is 1.70. The van der Waals surface area contributed by atoms with Crippen molar-refractivity contribution in [3.8, 4) is 11.5 Å². The van der Waals surface area contributed by atoms with Gasteiger partial charge in [0.2, 0.25) is 15.9 Å². The maximum absolute atomic E-state index is 13.1. The Morgan fingerprint density at radius 2 is 1.71 bits per heavy atom. The standard InChI is InChI=1S/C26H36N2O5S/c1-5-23(20-9-12-24(32-3)19(2)17-20)27-26(29)14-10-21-18-22(11-13-25(21)33-4)34(30,31)28-15-7-6-8-16-28/h9,11-13,17-18,23H,5-8,10,14-16H2,1-4H3,(H,27,29). The molecule has 0 saturated carbocycles. The van der Waals surface area contributed by atoms with Gasteiger partial charge in [0.05, 0.1) is 25.2 Å². The van der Waals surface area contributed by atoms with Gasteiger partial charge in [-0.05, 0) is 73.6 Å². The summed E-state index contributed by atoms with van der Waals surface area (Å²) in [7, 11) is -0.357. The van der Waals surface area contributed by atoms with E-state index in [0.29, 0.717) is 30.8 Å². The molecule has 1 unspecified atom stereocenters. The van der Waals surface area contributed by atoms with E-state index in [1.54, 1.807) is 36.7 Å². The SMILES string of the molecule is CCC(NC(=O)CCc1cc(S(=O)(=O)N2CCCCC2)ccc1OC)c1ccc(OC)c(C)c1. The summed E-state index contributed by atoms with van der Waals surface area (Å²) in [6.45, 7) is 5.11. The lowest BCUT2D eigenvalue weighted by atomic mass is 10.0. The van der Waals surface area contributed by atoms with Crippen LogP contribution in [0.5, 0.6) is 11.5 Å². The number of rotatable bonds is 10. The molecule has 8 heteroatoms. The molecular formula is C26H36N2O5S. The number of nitrogens with zero attached hydrogens (tertiary/aromatic N) is 1. The summed E-state index contributed by atoms with van der Waals surface area (Å²) in [5.41, 5.74) is 2.76. The molecule has 1 aliphatic heterocycles. The smallest absolute Gasteiger partial charge is 0.243 e. The molecule has 2 aromatic carbocycles. The van der Waals surface area contributed by atoms with Crippen LogP contribution in [-0.4, -0.2) is 45.9 Å². The number of aryl methyl sites for hydroxylation is 2. The number of nitrogens with one attached hydrogen (secondary N) is 1. The van der Waals surface area contributed by atoms with Gasteiger partial charge in [-0.15, -0.1) is 0 Å². The number of hydrogen-bond donors (Lipinski definition) is 1. The molecule has 0 bridgehead atoms. The van der Waals surface area contributed by atoms with E-state index in [2.05, 4.69) is 5.32 Å². The summed E-state index contributed by atoms with van der Waals surface area (Å²) < 4.78 is 38.5. The zero-order chi connectivity index (χ0) is 24.7. The van der Waals surface area contributed by atoms with E-state index < -0.39 is 10.0 Å². The highest BCUT2D eigenvalue weighted by atomic mass is 32.2. The topological polar surface area (TPSA) is 84.9 Å². The number of benzene rings is 2. The fourth-order valence-corrected chi connectivity index (χ4v) is 5.99. The summed E-state index contributed by atoms with van der Waals surface area (Å²) in [4.78, 5) is 13.0. The van der Waals surface area contributed by atoms with Crippen molar-refractivity contribution in [1.82, 2.24) is 9.62 Å². The summed E-state index contributed by atoms with van der Waals surface area (Å²) in [5.74, 6) is 1.31. The summed E-state index contributed by atoms with van der Waals surface area (Å²) in [5, 5.41) is 3.10. The van der Waals surface area contributed by atoms with Crippen molar-refractivity contribution in [2.24, 2.45) is 0 Å². The average Bonchev–Trinajstić information content (AvgIpc) is 2.86. The third-order valence-corrected chi connectivity index (χ3v) is 8.29. The summed E-state index contributed by atoms with van der Waals surface area (Å²) in [6.07, 6.45) is 4.20. The zero-order valence-corrected chi connectivity index (χ0v) is 21.4. The average molecular weight is 489 g/mol. The van der Waals surface area contributed by atoms with Crippen molar-refractivity contribution in [1.29, 1.82) is 0 Å². The van der Waals surface area contributed by atoms with Crippen LogP contribution >= 0.6 is 0 Å². The minimum Gasteiger partial charge on any atom is -0.496 e. The Labute approximate surface area is 203 Å². The van der Waals surface area contributed by atoms with E-state index in [1.165, 1.54) is 0 Å². The highest BCUT2D eigenvalue weighted by Crippen LogP contribution is 2.28. The molecule has 1 amide bonds. The normalized spacial score (nSPS) is 15.5. The molecule has 2 aromatic rings. The molecule has 186 valence electrons. The van der Waals surface area contributed by atoms with Crippen molar-refractivity contribution in [2.75, 3.05) is 27.3 Å². The van der Waals surface area contributed by atoms with Crippen molar-refractivity contribution in [3.05, 3.63) is 53.1 Å². The lowest BCUT2D eigenvalue weighted by Gasteiger charge is -2.26. The third-order valence-electron chi connectivity index (χ3n) is 6.39. The maximum Gasteiger partial charge on any atom is 0.243 e. The van der Waals surface area contributed by atoms with Gasteiger partial charge in [-0.25, -0.2) is 8.42 Å².